The van der Waals surface area contributed by atoms with Gasteiger partial charge in [-0.15, -0.1) is 11.3 Å². The zero-order valence-electron chi connectivity index (χ0n) is 11.4. The van der Waals surface area contributed by atoms with E-state index in [1.807, 2.05) is 18.4 Å². The molecule has 0 aliphatic carbocycles. The summed E-state index contributed by atoms with van der Waals surface area (Å²) in [4.78, 5) is 4.76. The molecule has 2 nitrogen and oxygen atoms in total. The van der Waals surface area contributed by atoms with E-state index in [0.29, 0.717) is 6.04 Å². The van der Waals surface area contributed by atoms with Gasteiger partial charge in [0.1, 0.15) is 5.01 Å². The molecule has 0 amide bonds. The lowest BCUT2D eigenvalue weighted by atomic mass is 9.95. The summed E-state index contributed by atoms with van der Waals surface area (Å²) in [5, 5.41) is 4.65. The minimum absolute atomic E-state index is 0.396. The molecule has 18 heavy (non-hydrogen) atoms. The summed E-state index contributed by atoms with van der Waals surface area (Å²) in [5.74, 6) is 0.787. The number of fused-ring (bicyclic) bond motifs is 1. The van der Waals surface area contributed by atoms with Crippen LogP contribution in [0.4, 0.5) is 0 Å². The van der Waals surface area contributed by atoms with Gasteiger partial charge in [0.25, 0.3) is 0 Å². The summed E-state index contributed by atoms with van der Waals surface area (Å²) in [6, 6.07) is 8.78. The van der Waals surface area contributed by atoms with Crippen LogP contribution in [-0.4, -0.2) is 12.0 Å². The maximum absolute atomic E-state index is 4.76. The largest absolute Gasteiger partial charge is 0.311 e. The molecule has 98 valence electrons. The number of thiazole rings is 1. The Morgan fingerprint density at radius 2 is 1.94 bits per heavy atom. The molecule has 1 aromatic heterocycles. The van der Waals surface area contributed by atoms with Gasteiger partial charge in [-0.1, -0.05) is 38.8 Å². The van der Waals surface area contributed by atoms with E-state index in [1.165, 1.54) is 29.0 Å². The summed E-state index contributed by atoms with van der Waals surface area (Å²) >= 11 is 1.82. The first-order valence-corrected chi connectivity index (χ1v) is 7.62. The van der Waals surface area contributed by atoms with Crippen LogP contribution in [0.1, 0.15) is 44.2 Å². The van der Waals surface area contributed by atoms with Crippen LogP contribution in [0.3, 0.4) is 0 Å². The van der Waals surface area contributed by atoms with Crippen LogP contribution >= 0.6 is 11.3 Å². The Kier molecular flexibility index (Phi) is 4.72. The normalized spacial score (nSPS) is 13.3. The number of aromatic nitrogens is 1. The van der Waals surface area contributed by atoms with Crippen LogP contribution in [0, 0.1) is 5.92 Å². The zero-order valence-corrected chi connectivity index (χ0v) is 12.3. The third-order valence-electron chi connectivity index (χ3n) is 3.68. The number of benzene rings is 1. The van der Waals surface area contributed by atoms with Gasteiger partial charge in [0.05, 0.1) is 16.3 Å². The number of hydrogen-bond donors (Lipinski definition) is 1. The fourth-order valence-electron chi connectivity index (χ4n) is 2.34. The Morgan fingerprint density at radius 3 is 2.56 bits per heavy atom. The van der Waals surface area contributed by atoms with Crippen molar-refractivity contribution in [3.63, 3.8) is 0 Å². The summed E-state index contributed by atoms with van der Waals surface area (Å²) in [7, 11) is 2.04. The molecule has 0 spiro atoms. The van der Waals surface area contributed by atoms with Crippen molar-refractivity contribution in [3.05, 3.63) is 29.3 Å². The topological polar surface area (TPSA) is 24.9 Å². The second-order valence-corrected chi connectivity index (χ2v) is 5.84. The molecule has 1 heterocycles. The predicted octanol–water partition coefficient (Wildman–Crippen LogP) is 4.38. The molecule has 1 aromatic carbocycles. The highest BCUT2D eigenvalue weighted by Crippen LogP contribution is 2.30. The van der Waals surface area contributed by atoms with Gasteiger partial charge in [-0.05, 0) is 31.5 Å². The molecule has 1 unspecified atom stereocenters. The third kappa shape index (κ3) is 2.90. The van der Waals surface area contributed by atoms with Crippen molar-refractivity contribution in [2.24, 2.45) is 5.92 Å². The lowest BCUT2D eigenvalue weighted by Gasteiger charge is -2.19. The quantitative estimate of drug-likeness (QED) is 0.835. The molecule has 0 bridgehead atoms. The van der Waals surface area contributed by atoms with Crippen molar-refractivity contribution >= 4 is 21.6 Å². The Labute approximate surface area is 113 Å². The molecule has 1 N–H and O–H groups in total. The van der Waals surface area contributed by atoms with Crippen LogP contribution in [0.2, 0.25) is 0 Å². The zero-order chi connectivity index (χ0) is 13.0. The Bertz CT molecular complexity index is 455. The molecule has 0 fully saturated rings. The van der Waals surface area contributed by atoms with E-state index in [2.05, 4.69) is 43.4 Å². The monoisotopic (exact) mass is 262 g/mol. The van der Waals surface area contributed by atoms with E-state index in [9.17, 15) is 0 Å². The lowest BCUT2D eigenvalue weighted by molar-refractivity contribution is 0.385. The van der Waals surface area contributed by atoms with E-state index < -0.39 is 0 Å². The predicted molar refractivity (Wildman–Crippen MR) is 80.1 cm³/mol. The first-order valence-electron chi connectivity index (χ1n) is 6.81. The number of nitrogens with zero attached hydrogens (tertiary/aromatic N) is 1. The van der Waals surface area contributed by atoms with E-state index in [-0.39, 0.29) is 0 Å². The van der Waals surface area contributed by atoms with Crippen molar-refractivity contribution in [1.29, 1.82) is 0 Å². The van der Waals surface area contributed by atoms with Crippen LogP contribution < -0.4 is 5.32 Å². The second-order valence-electron chi connectivity index (χ2n) is 4.78. The van der Waals surface area contributed by atoms with E-state index >= 15 is 0 Å². The molecule has 2 aromatic rings. The molecule has 1 atom stereocenters. The van der Waals surface area contributed by atoms with Crippen LogP contribution in [0.5, 0.6) is 0 Å². The maximum Gasteiger partial charge on any atom is 0.111 e. The number of hydrogen-bond acceptors (Lipinski definition) is 3. The average Bonchev–Trinajstić information content (AvgIpc) is 2.84. The van der Waals surface area contributed by atoms with Gasteiger partial charge in [0.2, 0.25) is 0 Å². The van der Waals surface area contributed by atoms with E-state index in [4.69, 9.17) is 4.98 Å². The van der Waals surface area contributed by atoms with Crippen molar-refractivity contribution in [3.8, 4) is 0 Å². The van der Waals surface area contributed by atoms with Crippen molar-refractivity contribution in [2.45, 2.75) is 39.2 Å². The minimum atomic E-state index is 0.396. The fourth-order valence-corrected chi connectivity index (χ4v) is 3.43. The van der Waals surface area contributed by atoms with E-state index in [0.717, 1.165) is 11.4 Å². The molecule has 0 aliphatic rings. The third-order valence-corrected chi connectivity index (χ3v) is 4.83. The minimum Gasteiger partial charge on any atom is -0.311 e. The van der Waals surface area contributed by atoms with Crippen LogP contribution in [0.25, 0.3) is 10.2 Å². The Morgan fingerprint density at radius 1 is 1.22 bits per heavy atom. The highest BCUT2D eigenvalue weighted by atomic mass is 32.1. The highest BCUT2D eigenvalue weighted by molar-refractivity contribution is 7.18. The summed E-state index contributed by atoms with van der Waals surface area (Å²) in [6.45, 7) is 4.55. The number of para-hydroxylation sites is 1. The van der Waals surface area contributed by atoms with Gasteiger partial charge >= 0.3 is 0 Å². The second kappa shape index (κ2) is 6.30. The molecular weight excluding hydrogens is 240 g/mol. The van der Waals surface area contributed by atoms with Gasteiger partial charge in [0, 0.05) is 0 Å². The van der Waals surface area contributed by atoms with Gasteiger partial charge in [-0.25, -0.2) is 4.98 Å². The number of nitrogens with one attached hydrogen (secondary N) is 1. The standard InChI is InChI=1S/C15H22N2S/c1-4-11(5-2)10-13(16-3)15-17-12-8-6-7-9-14(12)18-15/h6-9,11,13,16H,4-5,10H2,1-3H3. The maximum atomic E-state index is 4.76. The van der Waals surface area contributed by atoms with Crippen molar-refractivity contribution in [1.82, 2.24) is 10.3 Å². The highest BCUT2D eigenvalue weighted by Gasteiger charge is 2.18. The molecule has 2 rings (SSSR count). The van der Waals surface area contributed by atoms with Crippen LogP contribution in [-0.2, 0) is 0 Å². The number of rotatable bonds is 6. The molecule has 0 radical (unpaired) electrons. The SMILES string of the molecule is CCC(CC)CC(NC)c1nc2ccccc2s1. The smallest absolute Gasteiger partial charge is 0.111 e. The van der Waals surface area contributed by atoms with Gasteiger partial charge in [0.15, 0.2) is 0 Å². The Hall–Kier alpha value is -0.930. The summed E-state index contributed by atoms with van der Waals surface area (Å²) in [5.41, 5.74) is 1.13. The fraction of sp³-hybridized carbons (Fsp3) is 0.533. The molecule has 0 saturated heterocycles. The molecule has 0 aliphatic heterocycles. The first-order chi connectivity index (χ1) is 8.78. The van der Waals surface area contributed by atoms with Crippen LogP contribution in [0.15, 0.2) is 24.3 Å². The van der Waals surface area contributed by atoms with Gasteiger partial charge < -0.3 is 5.32 Å². The summed E-state index contributed by atoms with van der Waals surface area (Å²) in [6.07, 6.45) is 3.68. The van der Waals surface area contributed by atoms with Gasteiger partial charge in [-0.3, -0.25) is 0 Å². The van der Waals surface area contributed by atoms with Crippen molar-refractivity contribution in [2.75, 3.05) is 7.05 Å². The first kappa shape index (κ1) is 13.5. The van der Waals surface area contributed by atoms with Crippen molar-refractivity contribution < 1.29 is 0 Å². The molecular formula is C15H22N2S. The van der Waals surface area contributed by atoms with Gasteiger partial charge in [-0.2, -0.15) is 0 Å². The van der Waals surface area contributed by atoms with E-state index in [1.54, 1.807) is 0 Å². The summed E-state index contributed by atoms with van der Waals surface area (Å²) < 4.78 is 1.29. The lowest BCUT2D eigenvalue weighted by Crippen LogP contribution is -2.19. The molecule has 3 heteroatoms. The molecule has 0 saturated carbocycles. The Balaban J connectivity index is 2.21. The average molecular weight is 262 g/mol.